The summed E-state index contributed by atoms with van der Waals surface area (Å²) < 4.78 is 11.1. The minimum atomic E-state index is -0.397. The van der Waals surface area contributed by atoms with E-state index in [-0.39, 0.29) is 18.4 Å². The first-order valence-corrected chi connectivity index (χ1v) is 9.68. The molecule has 156 valence electrons. The van der Waals surface area contributed by atoms with Crippen molar-refractivity contribution >= 4 is 11.6 Å². The third kappa shape index (κ3) is 4.07. The fraction of sp³-hybridized carbons (Fsp3) is 0.174. The zero-order valence-electron chi connectivity index (χ0n) is 17.1. The highest BCUT2D eigenvalue weighted by atomic mass is 16.5. The summed E-state index contributed by atoms with van der Waals surface area (Å²) in [5, 5.41) is 19.4. The summed E-state index contributed by atoms with van der Waals surface area (Å²) in [6.45, 7) is 3.73. The number of benzene rings is 2. The van der Waals surface area contributed by atoms with E-state index in [1.54, 1.807) is 12.1 Å². The van der Waals surface area contributed by atoms with Gasteiger partial charge >= 0.3 is 0 Å². The number of nitrogens with zero attached hydrogens (tertiary/aromatic N) is 2. The number of nitrogens with one attached hydrogen (secondary N) is 2. The van der Waals surface area contributed by atoms with E-state index in [0.717, 1.165) is 22.4 Å². The van der Waals surface area contributed by atoms with Gasteiger partial charge in [0.1, 0.15) is 17.4 Å². The normalized spacial score (nSPS) is 14.9. The van der Waals surface area contributed by atoms with E-state index in [1.807, 2.05) is 50.2 Å². The summed E-state index contributed by atoms with van der Waals surface area (Å²) in [7, 11) is 0. The number of aromatic amines is 1. The molecule has 4 N–H and O–H groups in total. The lowest BCUT2D eigenvalue weighted by atomic mass is 9.84. The topological polar surface area (TPSA) is 126 Å². The molecule has 1 unspecified atom stereocenters. The lowest BCUT2D eigenvalue weighted by molar-refractivity contribution is -0.118. The highest BCUT2D eigenvalue weighted by molar-refractivity contribution is 5.91. The van der Waals surface area contributed by atoms with Crippen LogP contribution in [0, 0.1) is 25.2 Å². The number of aromatic nitrogens is 2. The van der Waals surface area contributed by atoms with Gasteiger partial charge in [0.05, 0.1) is 5.92 Å². The highest BCUT2D eigenvalue weighted by Gasteiger charge is 2.34. The number of hydrogen-bond acceptors (Lipinski definition) is 6. The Bertz CT molecular complexity index is 1190. The van der Waals surface area contributed by atoms with E-state index in [0.29, 0.717) is 22.9 Å². The fourth-order valence-corrected chi connectivity index (χ4v) is 3.47. The van der Waals surface area contributed by atoms with E-state index >= 15 is 0 Å². The van der Waals surface area contributed by atoms with E-state index in [4.69, 9.17) is 15.2 Å². The number of rotatable bonds is 5. The molecule has 8 nitrogen and oxygen atoms in total. The average molecular weight is 415 g/mol. The number of fused-ring (bicyclic) bond motifs is 1. The molecule has 0 bridgehead atoms. The van der Waals surface area contributed by atoms with Crippen LogP contribution in [0.5, 0.6) is 11.6 Å². The molecule has 1 atom stereocenters. The first-order valence-electron chi connectivity index (χ1n) is 9.68. The van der Waals surface area contributed by atoms with Gasteiger partial charge in [0, 0.05) is 16.9 Å². The second-order valence-corrected chi connectivity index (χ2v) is 7.26. The van der Waals surface area contributed by atoms with Gasteiger partial charge in [0.25, 0.3) is 5.91 Å². The minimum absolute atomic E-state index is 0.0413. The first kappa shape index (κ1) is 20.0. The van der Waals surface area contributed by atoms with Gasteiger partial charge in [-0.05, 0) is 43.7 Å². The van der Waals surface area contributed by atoms with Gasteiger partial charge in [-0.25, -0.2) is 0 Å². The highest BCUT2D eigenvalue weighted by Crippen LogP contribution is 2.42. The molecule has 2 heterocycles. The quantitative estimate of drug-likeness (QED) is 0.587. The van der Waals surface area contributed by atoms with Crippen LogP contribution in [-0.4, -0.2) is 22.7 Å². The molecule has 1 amide bonds. The van der Waals surface area contributed by atoms with E-state index in [9.17, 15) is 10.1 Å². The van der Waals surface area contributed by atoms with Gasteiger partial charge in [0.2, 0.25) is 11.8 Å². The third-order valence-corrected chi connectivity index (χ3v) is 5.05. The van der Waals surface area contributed by atoms with Crippen molar-refractivity contribution in [3.05, 3.63) is 82.4 Å². The van der Waals surface area contributed by atoms with Crippen LogP contribution < -0.4 is 20.5 Å². The van der Waals surface area contributed by atoms with Gasteiger partial charge < -0.3 is 20.5 Å². The molecule has 0 spiro atoms. The minimum Gasteiger partial charge on any atom is -0.484 e. The second kappa shape index (κ2) is 8.24. The van der Waals surface area contributed by atoms with Crippen LogP contribution in [0.4, 0.5) is 5.69 Å². The molecule has 1 aliphatic rings. The number of aryl methyl sites for hydroxylation is 2. The van der Waals surface area contributed by atoms with Crippen LogP contribution in [0.2, 0.25) is 0 Å². The van der Waals surface area contributed by atoms with Crippen molar-refractivity contribution in [1.82, 2.24) is 10.2 Å². The molecular formula is C23H21N5O3. The van der Waals surface area contributed by atoms with Crippen molar-refractivity contribution < 1.29 is 14.3 Å². The lowest BCUT2D eigenvalue weighted by Crippen LogP contribution is -2.21. The molecule has 1 aromatic heterocycles. The predicted molar refractivity (Wildman–Crippen MR) is 114 cm³/mol. The Morgan fingerprint density at radius 2 is 1.94 bits per heavy atom. The largest absolute Gasteiger partial charge is 0.484 e. The van der Waals surface area contributed by atoms with Crippen LogP contribution in [0.3, 0.4) is 0 Å². The van der Waals surface area contributed by atoms with Crippen molar-refractivity contribution in [3.63, 3.8) is 0 Å². The predicted octanol–water partition coefficient (Wildman–Crippen LogP) is 3.26. The molecule has 4 rings (SSSR count). The Balaban J connectivity index is 1.47. The van der Waals surface area contributed by atoms with E-state index in [2.05, 4.69) is 21.6 Å². The van der Waals surface area contributed by atoms with Crippen molar-refractivity contribution in [3.8, 4) is 17.7 Å². The number of anilines is 1. The van der Waals surface area contributed by atoms with Crippen molar-refractivity contribution in [2.45, 2.75) is 19.8 Å². The van der Waals surface area contributed by atoms with Gasteiger partial charge in [0.15, 0.2) is 6.61 Å². The van der Waals surface area contributed by atoms with E-state index in [1.165, 1.54) is 0 Å². The maximum Gasteiger partial charge on any atom is 0.262 e. The molecule has 0 saturated heterocycles. The summed E-state index contributed by atoms with van der Waals surface area (Å²) in [6.07, 6.45) is 0. The molecule has 2 aromatic carbocycles. The number of nitriles is 1. The summed E-state index contributed by atoms with van der Waals surface area (Å²) >= 11 is 0. The Labute approximate surface area is 179 Å². The van der Waals surface area contributed by atoms with Crippen LogP contribution in [-0.2, 0) is 4.79 Å². The molecule has 3 aromatic rings. The molecule has 1 aliphatic heterocycles. The Morgan fingerprint density at radius 3 is 2.61 bits per heavy atom. The summed E-state index contributed by atoms with van der Waals surface area (Å²) in [5.41, 5.74) is 10.5. The first-order chi connectivity index (χ1) is 15.0. The fourth-order valence-electron chi connectivity index (χ4n) is 3.47. The van der Waals surface area contributed by atoms with Gasteiger partial charge in [-0.2, -0.15) is 5.26 Å². The van der Waals surface area contributed by atoms with Crippen LogP contribution >= 0.6 is 0 Å². The summed E-state index contributed by atoms with van der Waals surface area (Å²) in [5.74, 6) is 0.297. The number of ether oxygens (including phenoxy) is 2. The van der Waals surface area contributed by atoms with Crippen LogP contribution in [0.1, 0.15) is 28.3 Å². The Kier molecular flexibility index (Phi) is 5.33. The molecule has 31 heavy (non-hydrogen) atoms. The smallest absolute Gasteiger partial charge is 0.262 e. The standard InChI is InChI=1S/C23H21N5O3/c1-13-3-7-16(8-4-13)26-19(29)12-30-17-9-5-15(6-10-17)21-18(11-24)22(25)31-23-20(21)14(2)27-28-23/h3-10,21H,12,25H2,1-2H3,(H,26,29)(H,27,28). The van der Waals surface area contributed by atoms with Crippen LogP contribution in [0.15, 0.2) is 60.0 Å². The zero-order valence-corrected chi connectivity index (χ0v) is 17.1. The number of carbonyl (C=O) groups excluding carboxylic acids is 1. The number of amides is 1. The van der Waals surface area contributed by atoms with Crippen molar-refractivity contribution in [2.75, 3.05) is 11.9 Å². The van der Waals surface area contributed by atoms with Gasteiger partial charge in [-0.15, -0.1) is 5.10 Å². The van der Waals surface area contributed by atoms with Crippen molar-refractivity contribution in [1.29, 1.82) is 5.26 Å². The SMILES string of the molecule is Cc1ccc(NC(=O)COc2ccc(C3C(C#N)=C(N)Oc4n[nH]c(C)c43)cc2)cc1. The van der Waals surface area contributed by atoms with Gasteiger partial charge in [-0.3, -0.25) is 9.89 Å². The lowest BCUT2D eigenvalue weighted by Gasteiger charge is -2.23. The zero-order chi connectivity index (χ0) is 22.0. The van der Waals surface area contributed by atoms with Crippen molar-refractivity contribution in [2.24, 2.45) is 5.73 Å². The average Bonchev–Trinajstić information content (AvgIpc) is 3.13. The molecule has 0 radical (unpaired) electrons. The Morgan fingerprint density at radius 1 is 1.23 bits per heavy atom. The molecule has 0 aliphatic carbocycles. The van der Waals surface area contributed by atoms with E-state index < -0.39 is 5.92 Å². The monoisotopic (exact) mass is 415 g/mol. The van der Waals surface area contributed by atoms with Crippen LogP contribution in [0.25, 0.3) is 0 Å². The number of nitrogens with two attached hydrogens (primary N) is 1. The summed E-state index contributed by atoms with van der Waals surface area (Å²) in [4.78, 5) is 12.1. The Hall–Kier alpha value is -4.25. The maximum absolute atomic E-state index is 12.1. The molecular weight excluding hydrogens is 394 g/mol. The number of hydrogen-bond donors (Lipinski definition) is 3. The molecule has 0 saturated carbocycles. The molecule has 0 fully saturated rings. The second-order valence-electron chi connectivity index (χ2n) is 7.26. The number of H-pyrrole nitrogens is 1. The maximum atomic E-state index is 12.1. The summed E-state index contributed by atoms with van der Waals surface area (Å²) in [6, 6.07) is 16.9. The number of allylic oxidation sites excluding steroid dienone is 1. The molecule has 8 heteroatoms. The third-order valence-electron chi connectivity index (χ3n) is 5.05. The number of carbonyl (C=O) groups is 1. The van der Waals surface area contributed by atoms with Gasteiger partial charge in [-0.1, -0.05) is 29.8 Å².